The first-order chi connectivity index (χ1) is 13.8. The van der Waals surface area contributed by atoms with Gasteiger partial charge in [0, 0.05) is 60.1 Å². The van der Waals surface area contributed by atoms with Crippen molar-refractivity contribution in [1.82, 2.24) is 20.0 Å². The number of aryl methyl sites for hydroxylation is 2. The summed E-state index contributed by atoms with van der Waals surface area (Å²) in [5.74, 6) is 0.00516. The van der Waals surface area contributed by atoms with E-state index in [2.05, 4.69) is 24.3 Å². The number of carbonyl (C=O) groups is 2. The molecule has 0 aromatic carbocycles. The average molecular weight is 419 g/mol. The molecule has 3 heterocycles. The molecule has 2 aromatic rings. The van der Waals surface area contributed by atoms with E-state index in [1.165, 1.54) is 0 Å². The van der Waals surface area contributed by atoms with Gasteiger partial charge in [-0.2, -0.15) is 5.10 Å². The molecule has 0 aliphatic carbocycles. The van der Waals surface area contributed by atoms with E-state index in [0.29, 0.717) is 26.1 Å². The van der Waals surface area contributed by atoms with E-state index in [1.807, 2.05) is 41.9 Å². The maximum absolute atomic E-state index is 12.7. The molecule has 2 amide bonds. The first-order valence-corrected chi connectivity index (χ1v) is 10.8. The normalized spacial score (nSPS) is 19.4. The number of amides is 2. The number of hydrogen-bond donors (Lipinski definition) is 1. The minimum Gasteiger partial charge on any atom is -0.383 e. The van der Waals surface area contributed by atoms with E-state index in [1.54, 1.807) is 18.4 Å². The van der Waals surface area contributed by atoms with Crippen molar-refractivity contribution in [3.63, 3.8) is 0 Å². The lowest BCUT2D eigenvalue weighted by atomic mass is 9.95. The Kier molecular flexibility index (Phi) is 6.74. The largest absolute Gasteiger partial charge is 0.383 e. The SMILES string of the molecule is COCCN1C(=O)C[C@@H](CNC(=O)c2cc(C)sc2C)[C@@H]1c1cnn(C(C)C)c1. The molecule has 3 rings (SSSR count). The summed E-state index contributed by atoms with van der Waals surface area (Å²) >= 11 is 1.62. The van der Waals surface area contributed by atoms with Gasteiger partial charge in [0.15, 0.2) is 0 Å². The second-order valence-corrected chi connectivity index (χ2v) is 9.33. The lowest BCUT2D eigenvalue weighted by Gasteiger charge is -2.27. The second-order valence-electron chi connectivity index (χ2n) is 7.87. The number of thiophene rings is 1. The molecule has 1 saturated heterocycles. The molecule has 0 radical (unpaired) electrons. The fourth-order valence-electron chi connectivity index (χ4n) is 3.92. The van der Waals surface area contributed by atoms with Crippen LogP contribution >= 0.6 is 11.3 Å². The number of aromatic nitrogens is 2. The van der Waals surface area contributed by atoms with Gasteiger partial charge in [-0.25, -0.2) is 0 Å². The first-order valence-electron chi connectivity index (χ1n) is 9.99. The van der Waals surface area contributed by atoms with E-state index < -0.39 is 0 Å². The molecule has 2 atom stereocenters. The van der Waals surface area contributed by atoms with Gasteiger partial charge in [0.2, 0.25) is 5.91 Å². The van der Waals surface area contributed by atoms with Crippen molar-refractivity contribution in [1.29, 1.82) is 0 Å². The number of carbonyl (C=O) groups excluding carboxylic acids is 2. The number of ether oxygens (including phenoxy) is 1. The Balaban J connectivity index is 1.78. The van der Waals surface area contributed by atoms with Gasteiger partial charge in [-0.3, -0.25) is 14.3 Å². The number of nitrogens with one attached hydrogen (secondary N) is 1. The predicted molar refractivity (Wildman–Crippen MR) is 113 cm³/mol. The van der Waals surface area contributed by atoms with Crippen LogP contribution in [-0.2, 0) is 9.53 Å². The summed E-state index contributed by atoms with van der Waals surface area (Å²) in [5.41, 5.74) is 1.72. The number of nitrogens with zero attached hydrogens (tertiary/aromatic N) is 3. The molecule has 2 aromatic heterocycles. The molecule has 158 valence electrons. The lowest BCUT2D eigenvalue weighted by molar-refractivity contribution is -0.129. The lowest BCUT2D eigenvalue weighted by Crippen LogP contribution is -2.35. The quantitative estimate of drug-likeness (QED) is 0.715. The molecule has 29 heavy (non-hydrogen) atoms. The Morgan fingerprint density at radius 3 is 2.76 bits per heavy atom. The third-order valence-corrected chi connectivity index (χ3v) is 6.34. The van der Waals surface area contributed by atoms with Gasteiger partial charge in [0.1, 0.15) is 0 Å². The van der Waals surface area contributed by atoms with Crippen molar-refractivity contribution in [3.05, 3.63) is 39.3 Å². The monoisotopic (exact) mass is 418 g/mol. The van der Waals surface area contributed by atoms with Gasteiger partial charge < -0.3 is 15.0 Å². The Morgan fingerprint density at radius 1 is 1.41 bits per heavy atom. The van der Waals surface area contributed by atoms with Crippen LogP contribution in [0.5, 0.6) is 0 Å². The van der Waals surface area contributed by atoms with Crippen LogP contribution in [0.1, 0.15) is 58.0 Å². The molecule has 1 N–H and O–H groups in total. The molecule has 7 nitrogen and oxygen atoms in total. The Hall–Kier alpha value is -2.19. The maximum Gasteiger partial charge on any atom is 0.252 e. The smallest absolute Gasteiger partial charge is 0.252 e. The molecule has 8 heteroatoms. The zero-order chi connectivity index (χ0) is 21.1. The van der Waals surface area contributed by atoms with Crippen molar-refractivity contribution in [2.24, 2.45) is 5.92 Å². The van der Waals surface area contributed by atoms with Crippen molar-refractivity contribution in [3.8, 4) is 0 Å². The highest BCUT2D eigenvalue weighted by Crippen LogP contribution is 2.37. The van der Waals surface area contributed by atoms with Gasteiger partial charge in [0.25, 0.3) is 5.91 Å². The number of methoxy groups -OCH3 is 1. The molecule has 0 unspecified atom stereocenters. The van der Waals surface area contributed by atoms with Crippen LogP contribution in [0.25, 0.3) is 0 Å². The average Bonchev–Trinajstić information content (AvgIpc) is 3.35. The van der Waals surface area contributed by atoms with Gasteiger partial charge in [-0.05, 0) is 33.8 Å². The molecule has 0 bridgehead atoms. The maximum atomic E-state index is 12.7. The molecule has 1 fully saturated rings. The first kappa shape index (κ1) is 21.5. The van der Waals surface area contributed by atoms with Crippen LogP contribution in [-0.4, -0.2) is 53.3 Å². The Morgan fingerprint density at radius 2 is 2.17 bits per heavy atom. The third kappa shape index (κ3) is 4.70. The summed E-state index contributed by atoms with van der Waals surface area (Å²) in [6, 6.07) is 2.05. The predicted octanol–water partition coefficient (Wildman–Crippen LogP) is 3.11. The van der Waals surface area contributed by atoms with Crippen LogP contribution in [0.15, 0.2) is 18.5 Å². The minimum atomic E-state index is -0.115. The van der Waals surface area contributed by atoms with E-state index in [4.69, 9.17) is 4.74 Å². The zero-order valence-corrected chi connectivity index (χ0v) is 18.6. The van der Waals surface area contributed by atoms with E-state index in [9.17, 15) is 9.59 Å². The standard InChI is InChI=1S/C21H30N4O3S/c1-13(2)25-12-17(11-23-25)20-16(9-19(26)24(20)6-7-28-5)10-22-21(27)18-8-14(3)29-15(18)4/h8,11-13,16,20H,6-7,9-10H2,1-5H3,(H,22,27)/t16-,20+/m0/s1. The second kappa shape index (κ2) is 9.09. The summed E-state index contributed by atoms with van der Waals surface area (Å²) in [7, 11) is 1.63. The van der Waals surface area contributed by atoms with Gasteiger partial charge in [-0.15, -0.1) is 11.3 Å². The van der Waals surface area contributed by atoms with E-state index in [-0.39, 0.29) is 29.8 Å². The highest BCUT2D eigenvalue weighted by atomic mass is 32.1. The molecule has 0 spiro atoms. The van der Waals surface area contributed by atoms with Crippen LogP contribution in [0.3, 0.4) is 0 Å². The van der Waals surface area contributed by atoms with Crippen LogP contribution < -0.4 is 5.32 Å². The Bertz CT molecular complexity index is 873. The molecular formula is C21H30N4O3S. The molecule has 1 aliphatic heterocycles. The number of likely N-dealkylation sites (tertiary alicyclic amines) is 1. The van der Waals surface area contributed by atoms with Crippen LogP contribution in [0.2, 0.25) is 0 Å². The Labute approximate surface area is 176 Å². The number of hydrogen-bond acceptors (Lipinski definition) is 5. The summed E-state index contributed by atoms with van der Waals surface area (Å²) in [5, 5.41) is 7.51. The summed E-state index contributed by atoms with van der Waals surface area (Å²) in [6.07, 6.45) is 4.25. The summed E-state index contributed by atoms with van der Waals surface area (Å²) in [6.45, 7) is 9.55. The molecular weight excluding hydrogens is 388 g/mol. The topological polar surface area (TPSA) is 76.5 Å². The van der Waals surface area contributed by atoms with E-state index in [0.717, 1.165) is 20.9 Å². The van der Waals surface area contributed by atoms with Gasteiger partial charge >= 0.3 is 0 Å². The summed E-state index contributed by atoms with van der Waals surface area (Å²) in [4.78, 5) is 29.4. The van der Waals surface area contributed by atoms with Crippen LogP contribution in [0.4, 0.5) is 0 Å². The van der Waals surface area contributed by atoms with Crippen LogP contribution in [0, 0.1) is 19.8 Å². The van der Waals surface area contributed by atoms with E-state index >= 15 is 0 Å². The highest BCUT2D eigenvalue weighted by Gasteiger charge is 2.41. The fraction of sp³-hybridized carbons (Fsp3) is 0.571. The highest BCUT2D eigenvalue weighted by molar-refractivity contribution is 7.12. The zero-order valence-electron chi connectivity index (χ0n) is 17.8. The van der Waals surface area contributed by atoms with Crippen molar-refractivity contribution < 1.29 is 14.3 Å². The van der Waals surface area contributed by atoms with Crippen molar-refractivity contribution in [2.45, 2.75) is 46.2 Å². The van der Waals surface area contributed by atoms with Gasteiger partial charge in [-0.1, -0.05) is 0 Å². The number of rotatable bonds is 8. The molecule has 1 aliphatic rings. The van der Waals surface area contributed by atoms with Gasteiger partial charge in [0.05, 0.1) is 24.4 Å². The fourth-order valence-corrected chi connectivity index (χ4v) is 4.84. The molecule has 0 saturated carbocycles. The van der Waals surface area contributed by atoms with Crippen molar-refractivity contribution in [2.75, 3.05) is 26.8 Å². The summed E-state index contributed by atoms with van der Waals surface area (Å²) < 4.78 is 7.11. The third-order valence-electron chi connectivity index (χ3n) is 5.38. The minimum absolute atomic E-state index is 0.00634. The van der Waals surface area contributed by atoms with Crippen molar-refractivity contribution >= 4 is 23.2 Å².